The smallest absolute Gasteiger partial charge is 0.311 e. The van der Waals surface area contributed by atoms with Gasteiger partial charge in [0.2, 0.25) is 5.91 Å². The van der Waals surface area contributed by atoms with E-state index in [-0.39, 0.29) is 12.5 Å². The van der Waals surface area contributed by atoms with Crippen LogP contribution in [0.4, 0.5) is 0 Å². The number of amides is 1. The first kappa shape index (κ1) is 14.6. The lowest BCUT2D eigenvalue weighted by Gasteiger charge is -2.24. The Morgan fingerprint density at radius 3 is 2.35 bits per heavy atom. The molecule has 2 N–H and O–H groups in total. The van der Waals surface area contributed by atoms with E-state index in [1.54, 1.807) is 0 Å². The molecule has 0 spiro atoms. The van der Waals surface area contributed by atoms with Crippen LogP contribution in [0.3, 0.4) is 0 Å². The topological polar surface area (TPSA) is 66.4 Å². The van der Waals surface area contributed by atoms with Crippen molar-refractivity contribution in [3.05, 3.63) is 35.9 Å². The van der Waals surface area contributed by atoms with E-state index in [4.69, 9.17) is 5.11 Å². The second-order valence-electron chi connectivity index (χ2n) is 6.31. The SMILES string of the molecule is CC(C)(Cc1ccccc1)C(=O)NCC1(C(=O)O)CC1. The Hall–Kier alpha value is -1.84. The third-order valence-electron chi connectivity index (χ3n) is 4.00. The Morgan fingerprint density at radius 2 is 1.85 bits per heavy atom. The number of rotatable bonds is 6. The number of hydrogen-bond acceptors (Lipinski definition) is 2. The minimum absolute atomic E-state index is 0.0890. The maximum atomic E-state index is 12.3. The van der Waals surface area contributed by atoms with Crippen molar-refractivity contribution in [2.75, 3.05) is 6.54 Å². The molecule has 0 aromatic heterocycles. The molecule has 1 fully saturated rings. The zero-order valence-electron chi connectivity index (χ0n) is 12.0. The Kier molecular flexibility index (Phi) is 3.84. The minimum atomic E-state index is -0.807. The maximum Gasteiger partial charge on any atom is 0.311 e. The first-order valence-electron chi connectivity index (χ1n) is 6.91. The summed E-state index contributed by atoms with van der Waals surface area (Å²) in [5.41, 5.74) is -0.152. The Bertz CT molecular complexity index is 504. The molecule has 0 unspecified atom stereocenters. The van der Waals surface area contributed by atoms with Crippen LogP contribution >= 0.6 is 0 Å². The molecule has 20 heavy (non-hydrogen) atoms. The van der Waals surface area contributed by atoms with Crippen LogP contribution in [0.2, 0.25) is 0 Å². The van der Waals surface area contributed by atoms with E-state index < -0.39 is 16.8 Å². The van der Waals surface area contributed by atoms with Crippen molar-refractivity contribution < 1.29 is 14.7 Å². The predicted molar refractivity (Wildman–Crippen MR) is 76.2 cm³/mol. The van der Waals surface area contributed by atoms with Gasteiger partial charge in [-0.1, -0.05) is 44.2 Å². The summed E-state index contributed by atoms with van der Waals surface area (Å²) in [6, 6.07) is 9.84. The van der Waals surface area contributed by atoms with Crippen molar-refractivity contribution >= 4 is 11.9 Å². The maximum absolute atomic E-state index is 12.3. The second-order valence-corrected chi connectivity index (χ2v) is 6.31. The van der Waals surface area contributed by atoms with E-state index >= 15 is 0 Å². The van der Waals surface area contributed by atoms with Crippen molar-refractivity contribution in [3.8, 4) is 0 Å². The van der Waals surface area contributed by atoms with Crippen LogP contribution < -0.4 is 5.32 Å². The molecule has 1 aliphatic carbocycles. The normalized spacial score (nSPS) is 16.5. The molecule has 1 aromatic rings. The molecule has 4 nitrogen and oxygen atoms in total. The summed E-state index contributed by atoms with van der Waals surface area (Å²) in [5.74, 6) is -0.896. The molecule has 1 amide bonds. The van der Waals surface area contributed by atoms with E-state index in [0.29, 0.717) is 19.3 Å². The van der Waals surface area contributed by atoms with Crippen molar-refractivity contribution in [3.63, 3.8) is 0 Å². The van der Waals surface area contributed by atoms with Crippen LogP contribution in [-0.2, 0) is 16.0 Å². The molecule has 1 saturated carbocycles. The first-order valence-corrected chi connectivity index (χ1v) is 6.91. The third-order valence-corrected chi connectivity index (χ3v) is 4.00. The molecule has 1 aliphatic rings. The Balaban J connectivity index is 1.92. The molecule has 2 rings (SSSR count). The molecule has 0 saturated heterocycles. The van der Waals surface area contributed by atoms with Gasteiger partial charge < -0.3 is 10.4 Å². The van der Waals surface area contributed by atoms with E-state index in [2.05, 4.69) is 5.32 Å². The monoisotopic (exact) mass is 275 g/mol. The minimum Gasteiger partial charge on any atom is -0.481 e. The average Bonchev–Trinajstić information content (AvgIpc) is 3.17. The molecule has 0 radical (unpaired) electrons. The van der Waals surface area contributed by atoms with Gasteiger partial charge in [0.15, 0.2) is 0 Å². The quantitative estimate of drug-likeness (QED) is 0.836. The second kappa shape index (κ2) is 5.27. The average molecular weight is 275 g/mol. The fraction of sp³-hybridized carbons (Fsp3) is 0.500. The number of carboxylic acid groups (broad SMARTS) is 1. The summed E-state index contributed by atoms with van der Waals surface area (Å²) in [5, 5.41) is 11.9. The van der Waals surface area contributed by atoms with Crippen molar-refractivity contribution in [1.82, 2.24) is 5.32 Å². The van der Waals surface area contributed by atoms with Crippen LogP contribution in [-0.4, -0.2) is 23.5 Å². The van der Waals surface area contributed by atoms with Gasteiger partial charge in [-0.3, -0.25) is 9.59 Å². The summed E-state index contributed by atoms with van der Waals surface area (Å²) in [6.07, 6.45) is 1.95. The predicted octanol–water partition coefficient (Wildman–Crippen LogP) is 2.24. The molecule has 4 heteroatoms. The van der Waals surface area contributed by atoms with Gasteiger partial charge in [0.25, 0.3) is 0 Å². The van der Waals surface area contributed by atoms with Crippen LogP contribution in [0.1, 0.15) is 32.3 Å². The van der Waals surface area contributed by atoms with Gasteiger partial charge in [-0.2, -0.15) is 0 Å². The van der Waals surface area contributed by atoms with Gasteiger partial charge in [0.05, 0.1) is 5.41 Å². The molecule has 0 atom stereocenters. The molecule has 0 bridgehead atoms. The van der Waals surface area contributed by atoms with Crippen molar-refractivity contribution in [1.29, 1.82) is 0 Å². The van der Waals surface area contributed by atoms with Crippen molar-refractivity contribution in [2.24, 2.45) is 10.8 Å². The van der Waals surface area contributed by atoms with Crippen LogP contribution in [0.5, 0.6) is 0 Å². The highest BCUT2D eigenvalue weighted by Crippen LogP contribution is 2.45. The summed E-state index contributed by atoms with van der Waals surface area (Å²) in [7, 11) is 0. The molecule has 0 aliphatic heterocycles. The summed E-state index contributed by atoms with van der Waals surface area (Å²) >= 11 is 0. The highest BCUT2D eigenvalue weighted by atomic mass is 16.4. The van der Waals surface area contributed by atoms with E-state index in [9.17, 15) is 9.59 Å². The molecule has 0 heterocycles. The third kappa shape index (κ3) is 3.18. The van der Waals surface area contributed by atoms with E-state index in [0.717, 1.165) is 5.56 Å². The highest BCUT2D eigenvalue weighted by Gasteiger charge is 2.50. The highest BCUT2D eigenvalue weighted by molar-refractivity contribution is 5.84. The molecule has 108 valence electrons. The lowest BCUT2D eigenvalue weighted by Crippen LogP contribution is -2.42. The lowest BCUT2D eigenvalue weighted by atomic mass is 9.84. The van der Waals surface area contributed by atoms with Gasteiger partial charge in [0.1, 0.15) is 0 Å². The Labute approximate surface area is 119 Å². The molecule has 1 aromatic carbocycles. The van der Waals surface area contributed by atoms with Gasteiger partial charge in [-0.05, 0) is 24.8 Å². The Morgan fingerprint density at radius 1 is 1.25 bits per heavy atom. The summed E-state index contributed by atoms with van der Waals surface area (Å²) < 4.78 is 0. The van der Waals surface area contributed by atoms with Crippen LogP contribution in [0.25, 0.3) is 0 Å². The fourth-order valence-electron chi connectivity index (χ4n) is 2.29. The van der Waals surface area contributed by atoms with Crippen molar-refractivity contribution in [2.45, 2.75) is 33.1 Å². The number of benzene rings is 1. The summed E-state index contributed by atoms with van der Waals surface area (Å²) in [4.78, 5) is 23.3. The van der Waals surface area contributed by atoms with Crippen LogP contribution in [0, 0.1) is 10.8 Å². The first-order chi connectivity index (χ1) is 9.36. The van der Waals surface area contributed by atoms with Gasteiger partial charge in [0, 0.05) is 12.0 Å². The fourth-order valence-corrected chi connectivity index (χ4v) is 2.29. The lowest BCUT2D eigenvalue weighted by molar-refractivity contribution is -0.143. The summed E-state index contributed by atoms with van der Waals surface area (Å²) in [6.45, 7) is 4.00. The number of carboxylic acids is 1. The number of carbonyl (C=O) groups is 2. The number of aliphatic carboxylic acids is 1. The molecular weight excluding hydrogens is 254 g/mol. The van der Waals surface area contributed by atoms with Crippen LogP contribution in [0.15, 0.2) is 30.3 Å². The van der Waals surface area contributed by atoms with Gasteiger partial charge in [-0.15, -0.1) is 0 Å². The number of carbonyl (C=O) groups excluding carboxylic acids is 1. The van der Waals surface area contributed by atoms with E-state index in [1.807, 2.05) is 44.2 Å². The van der Waals surface area contributed by atoms with Gasteiger partial charge >= 0.3 is 5.97 Å². The number of hydrogen-bond donors (Lipinski definition) is 2. The standard InChI is InChI=1S/C16H21NO3/c1-15(2,10-12-6-4-3-5-7-12)13(18)17-11-16(8-9-16)14(19)20/h3-7H,8-11H2,1-2H3,(H,17,18)(H,19,20). The zero-order chi connectivity index (χ0) is 14.8. The van der Waals surface area contributed by atoms with E-state index in [1.165, 1.54) is 0 Å². The van der Waals surface area contributed by atoms with Gasteiger partial charge in [-0.25, -0.2) is 0 Å². The number of nitrogens with one attached hydrogen (secondary N) is 1. The molecular formula is C16H21NO3. The largest absolute Gasteiger partial charge is 0.481 e. The zero-order valence-corrected chi connectivity index (χ0v) is 12.0.